The monoisotopic (exact) mass is 268 g/mol. The van der Waals surface area contributed by atoms with Crippen molar-refractivity contribution in [3.05, 3.63) is 59.9 Å². The number of benzene rings is 1. The molecule has 3 rings (SSSR count). The van der Waals surface area contributed by atoms with Crippen molar-refractivity contribution in [3.8, 4) is 0 Å². The highest BCUT2D eigenvalue weighted by atomic mass is 15.0. The molecule has 1 aliphatic carbocycles. The summed E-state index contributed by atoms with van der Waals surface area (Å²) in [7, 11) is 0. The van der Waals surface area contributed by atoms with Crippen LogP contribution in [-0.2, 0) is 13.1 Å². The predicted octanol–water partition coefficient (Wildman–Crippen LogP) is 3.96. The first-order valence-corrected chi connectivity index (χ1v) is 7.83. The van der Waals surface area contributed by atoms with Crippen LogP contribution in [0.2, 0.25) is 0 Å². The molecule has 0 spiro atoms. The summed E-state index contributed by atoms with van der Waals surface area (Å²) < 4.78 is 2.35. The molecule has 1 fully saturated rings. The van der Waals surface area contributed by atoms with Gasteiger partial charge in [0.05, 0.1) is 0 Å². The van der Waals surface area contributed by atoms with E-state index >= 15 is 0 Å². The average Bonchev–Trinajstić information content (AvgIpc) is 2.94. The smallest absolute Gasteiger partial charge is 0.0473 e. The molecular formula is C18H24N2. The molecule has 106 valence electrons. The summed E-state index contributed by atoms with van der Waals surface area (Å²) in [5.41, 5.74) is 2.75. The van der Waals surface area contributed by atoms with Crippen LogP contribution in [0.4, 0.5) is 0 Å². The molecule has 20 heavy (non-hydrogen) atoms. The number of aromatic nitrogens is 1. The molecule has 0 radical (unpaired) electrons. The summed E-state index contributed by atoms with van der Waals surface area (Å²) in [6.07, 6.45) is 9.08. The standard InChI is InChI=1S/C18H24N2/c1-3-8-16(9-4-1)15-20-13-7-12-18(20)14-19-17-10-5-2-6-11-17/h1,3-4,7-9,12-13,17,19H,2,5-6,10-11,14-15H2. The lowest BCUT2D eigenvalue weighted by Gasteiger charge is -2.23. The van der Waals surface area contributed by atoms with Crippen LogP contribution in [0.25, 0.3) is 0 Å². The van der Waals surface area contributed by atoms with Crippen LogP contribution in [0.5, 0.6) is 0 Å². The quantitative estimate of drug-likeness (QED) is 0.868. The minimum Gasteiger partial charge on any atom is -0.346 e. The lowest BCUT2D eigenvalue weighted by molar-refractivity contribution is 0.369. The van der Waals surface area contributed by atoms with Crippen LogP contribution in [0.1, 0.15) is 43.4 Å². The fraction of sp³-hybridized carbons (Fsp3) is 0.444. The molecule has 1 aliphatic rings. The molecule has 0 atom stereocenters. The Kier molecular flexibility index (Phi) is 4.54. The zero-order chi connectivity index (χ0) is 13.6. The van der Waals surface area contributed by atoms with Gasteiger partial charge < -0.3 is 9.88 Å². The van der Waals surface area contributed by atoms with Crippen LogP contribution in [0, 0.1) is 0 Å². The summed E-state index contributed by atoms with van der Waals surface area (Å²) in [5, 5.41) is 3.73. The second kappa shape index (κ2) is 6.76. The van der Waals surface area contributed by atoms with E-state index in [1.165, 1.54) is 43.4 Å². The Morgan fingerprint density at radius 2 is 1.75 bits per heavy atom. The van der Waals surface area contributed by atoms with E-state index in [0.717, 1.165) is 19.1 Å². The zero-order valence-corrected chi connectivity index (χ0v) is 12.1. The van der Waals surface area contributed by atoms with Crippen molar-refractivity contribution in [1.82, 2.24) is 9.88 Å². The van der Waals surface area contributed by atoms with Crippen molar-refractivity contribution >= 4 is 0 Å². The number of rotatable bonds is 5. The van der Waals surface area contributed by atoms with Crippen molar-refractivity contribution in [2.24, 2.45) is 0 Å². The van der Waals surface area contributed by atoms with Crippen molar-refractivity contribution < 1.29 is 0 Å². The first-order valence-electron chi connectivity index (χ1n) is 7.83. The maximum Gasteiger partial charge on any atom is 0.0473 e. The van der Waals surface area contributed by atoms with Crippen molar-refractivity contribution in [2.75, 3.05) is 0 Å². The zero-order valence-electron chi connectivity index (χ0n) is 12.1. The van der Waals surface area contributed by atoms with Gasteiger partial charge in [-0.1, -0.05) is 49.6 Å². The fourth-order valence-electron chi connectivity index (χ4n) is 3.10. The number of nitrogens with zero attached hydrogens (tertiary/aromatic N) is 1. The van der Waals surface area contributed by atoms with Crippen LogP contribution in [0.15, 0.2) is 48.7 Å². The van der Waals surface area contributed by atoms with E-state index in [1.54, 1.807) is 0 Å². The molecule has 1 heterocycles. The van der Waals surface area contributed by atoms with Crippen LogP contribution < -0.4 is 5.32 Å². The molecular weight excluding hydrogens is 244 g/mol. The van der Waals surface area contributed by atoms with Crippen LogP contribution in [-0.4, -0.2) is 10.6 Å². The van der Waals surface area contributed by atoms with Crippen molar-refractivity contribution in [1.29, 1.82) is 0 Å². The summed E-state index contributed by atoms with van der Waals surface area (Å²) >= 11 is 0. The minimum atomic E-state index is 0.726. The van der Waals surface area contributed by atoms with E-state index in [0.29, 0.717) is 0 Å². The molecule has 0 aliphatic heterocycles. The largest absolute Gasteiger partial charge is 0.346 e. The van der Waals surface area contributed by atoms with Gasteiger partial charge >= 0.3 is 0 Å². The molecule has 1 N–H and O–H groups in total. The maximum atomic E-state index is 3.73. The number of hydrogen-bond acceptors (Lipinski definition) is 1. The Bertz CT molecular complexity index is 509. The van der Waals surface area contributed by atoms with E-state index in [-0.39, 0.29) is 0 Å². The second-order valence-corrected chi connectivity index (χ2v) is 5.83. The molecule has 1 aromatic carbocycles. The molecule has 2 heteroatoms. The van der Waals surface area contributed by atoms with Gasteiger partial charge in [-0.05, 0) is 30.5 Å². The Balaban J connectivity index is 1.58. The van der Waals surface area contributed by atoms with Gasteiger partial charge in [-0.15, -0.1) is 0 Å². The molecule has 0 saturated heterocycles. The van der Waals surface area contributed by atoms with Gasteiger partial charge in [-0.3, -0.25) is 0 Å². The van der Waals surface area contributed by atoms with Gasteiger partial charge in [0.15, 0.2) is 0 Å². The van der Waals surface area contributed by atoms with E-state index in [4.69, 9.17) is 0 Å². The van der Waals surface area contributed by atoms with Gasteiger partial charge in [0.2, 0.25) is 0 Å². The Labute approximate surface area is 121 Å². The van der Waals surface area contributed by atoms with Crippen LogP contribution >= 0.6 is 0 Å². The van der Waals surface area contributed by atoms with Gasteiger partial charge in [0, 0.05) is 31.0 Å². The molecule has 1 saturated carbocycles. The SMILES string of the molecule is c1ccc(Cn2cccc2CNC2CCCCC2)cc1. The van der Waals surface area contributed by atoms with Crippen molar-refractivity contribution in [2.45, 2.75) is 51.2 Å². The summed E-state index contributed by atoms with van der Waals surface area (Å²) in [5.74, 6) is 0. The fourth-order valence-corrected chi connectivity index (χ4v) is 3.10. The second-order valence-electron chi connectivity index (χ2n) is 5.83. The molecule has 0 bridgehead atoms. The molecule has 2 nitrogen and oxygen atoms in total. The topological polar surface area (TPSA) is 17.0 Å². The first kappa shape index (κ1) is 13.4. The highest BCUT2D eigenvalue weighted by molar-refractivity contribution is 5.17. The molecule has 0 unspecified atom stereocenters. The van der Waals surface area contributed by atoms with Gasteiger partial charge in [-0.2, -0.15) is 0 Å². The Hall–Kier alpha value is -1.54. The Morgan fingerprint density at radius 1 is 0.950 bits per heavy atom. The highest BCUT2D eigenvalue weighted by Crippen LogP contribution is 2.18. The summed E-state index contributed by atoms with van der Waals surface area (Å²) in [4.78, 5) is 0. The van der Waals surface area contributed by atoms with E-state index < -0.39 is 0 Å². The maximum absolute atomic E-state index is 3.73. The lowest BCUT2D eigenvalue weighted by atomic mass is 9.95. The molecule has 0 amide bonds. The third-order valence-corrected chi connectivity index (χ3v) is 4.30. The van der Waals surface area contributed by atoms with Gasteiger partial charge in [0.25, 0.3) is 0 Å². The van der Waals surface area contributed by atoms with E-state index in [1.807, 2.05) is 0 Å². The predicted molar refractivity (Wildman–Crippen MR) is 83.7 cm³/mol. The number of hydrogen-bond donors (Lipinski definition) is 1. The normalized spacial score (nSPS) is 16.4. The summed E-state index contributed by atoms with van der Waals surface area (Å²) in [6, 6.07) is 15.8. The third kappa shape index (κ3) is 3.51. The first-order chi connectivity index (χ1) is 9.92. The van der Waals surface area contributed by atoms with Crippen molar-refractivity contribution in [3.63, 3.8) is 0 Å². The van der Waals surface area contributed by atoms with Crippen LogP contribution in [0.3, 0.4) is 0 Å². The van der Waals surface area contributed by atoms with E-state index in [9.17, 15) is 0 Å². The van der Waals surface area contributed by atoms with Gasteiger partial charge in [-0.25, -0.2) is 0 Å². The number of nitrogens with one attached hydrogen (secondary N) is 1. The minimum absolute atomic E-state index is 0.726. The van der Waals surface area contributed by atoms with Gasteiger partial charge in [0.1, 0.15) is 0 Å². The third-order valence-electron chi connectivity index (χ3n) is 4.30. The summed E-state index contributed by atoms with van der Waals surface area (Å²) in [6.45, 7) is 1.96. The molecule has 1 aromatic heterocycles. The Morgan fingerprint density at radius 3 is 2.55 bits per heavy atom. The average molecular weight is 268 g/mol. The van der Waals surface area contributed by atoms with E-state index in [2.05, 4.69) is 58.5 Å². The highest BCUT2D eigenvalue weighted by Gasteiger charge is 2.13. The molecule has 2 aromatic rings. The lowest BCUT2D eigenvalue weighted by Crippen LogP contribution is -2.31.